The third-order valence-electron chi connectivity index (χ3n) is 6.20. The summed E-state index contributed by atoms with van der Waals surface area (Å²) in [5.41, 5.74) is 9.88. The lowest BCUT2D eigenvalue weighted by atomic mass is 10.1. The first kappa shape index (κ1) is 27.3. The molecule has 2 atom stereocenters. The van der Waals surface area contributed by atoms with Crippen molar-refractivity contribution in [3.63, 3.8) is 0 Å². The lowest BCUT2D eigenvalue weighted by Gasteiger charge is -2.12. The van der Waals surface area contributed by atoms with E-state index in [1.54, 1.807) is 25.1 Å². The van der Waals surface area contributed by atoms with E-state index in [4.69, 9.17) is 10.3 Å². The fourth-order valence-electron chi connectivity index (χ4n) is 3.74. The Hall–Kier alpha value is -3.70. The molecule has 2 unspecified atom stereocenters. The highest BCUT2D eigenvalue weighted by Crippen LogP contribution is 2.30. The van der Waals surface area contributed by atoms with Crippen molar-refractivity contribution >= 4 is 15.7 Å². The van der Waals surface area contributed by atoms with Gasteiger partial charge in [0.2, 0.25) is 0 Å². The predicted molar refractivity (Wildman–Crippen MR) is 142 cm³/mol. The standard InChI is InChI=1S/C27H29F2N5O3S/c1-17(14-29)31-15-19-3-5-20(6-4-19)23-13-25(37-34-23)26-27(30)32-16-24(33-26)21-7-9-22(10-8-21)38(35,36)18(2)11-12-28/h3-10,13,16-18,31H,11-12,14-15H2,1-2H3,(H2,30,32). The lowest BCUT2D eigenvalue weighted by molar-refractivity contribution is 0.391. The summed E-state index contributed by atoms with van der Waals surface area (Å²) in [6.07, 6.45) is 1.43. The molecule has 2 aromatic carbocycles. The lowest BCUT2D eigenvalue weighted by Crippen LogP contribution is -2.27. The first-order valence-corrected chi connectivity index (χ1v) is 13.7. The SMILES string of the molecule is CC(CF)NCc1ccc(-c2cc(-c3nc(-c4ccc(S(=O)(=O)C(C)CCF)cc4)cnc3N)on2)cc1. The van der Waals surface area contributed by atoms with E-state index >= 15 is 0 Å². The summed E-state index contributed by atoms with van der Waals surface area (Å²) in [5.74, 6) is 0.479. The Morgan fingerprint density at radius 2 is 1.66 bits per heavy atom. The molecule has 2 heterocycles. The molecule has 4 rings (SSSR count). The van der Waals surface area contributed by atoms with Gasteiger partial charge in [0.25, 0.3) is 0 Å². The number of benzene rings is 2. The van der Waals surface area contributed by atoms with Gasteiger partial charge in [-0.2, -0.15) is 0 Å². The van der Waals surface area contributed by atoms with Gasteiger partial charge in [0, 0.05) is 29.8 Å². The van der Waals surface area contributed by atoms with Crippen molar-refractivity contribution in [2.75, 3.05) is 19.1 Å². The molecule has 38 heavy (non-hydrogen) atoms. The summed E-state index contributed by atoms with van der Waals surface area (Å²) in [6, 6.07) is 15.3. The number of nitrogens with two attached hydrogens (primary N) is 1. The molecule has 0 radical (unpaired) electrons. The van der Waals surface area contributed by atoms with Crippen molar-refractivity contribution in [1.29, 1.82) is 0 Å². The minimum atomic E-state index is -3.63. The molecular weight excluding hydrogens is 512 g/mol. The van der Waals surface area contributed by atoms with Gasteiger partial charge in [-0.3, -0.25) is 4.39 Å². The van der Waals surface area contributed by atoms with Crippen LogP contribution in [0.3, 0.4) is 0 Å². The van der Waals surface area contributed by atoms with Crippen molar-refractivity contribution in [2.24, 2.45) is 0 Å². The van der Waals surface area contributed by atoms with E-state index in [-0.39, 0.29) is 23.2 Å². The average molecular weight is 542 g/mol. The second-order valence-corrected chi connectivity index (χ2v) is 11.4. The zero-order valence-corrected chi connectivity index (χ0v) is 21.9. The normalized spacial score (nSPS) is 13.4. The number of hydrogen-bond acceptors (Lipinski definition) is 8. The van der Waals surface area contributed by atoms with Gasteiger partial charge in [-0.1, -0.05) is 41.6 Å². The van der Waals surface area contributed by atoms with Crippen LogP contribution in [0.2, 0.25) is 0 Å². The number of alkyl halides is 2. The molecule has 4 aromatic rings. The van der Waals surface area contributed by atoms with Gasteiger partial charge in [-0.25, -0.2) is 22.8 Å². The molecular formula is C27H29F2N5O3S. The van der Waals surface area contributed by atoms with Crippen LogP contribution in [0.25, 0.3) is 34.0 Å². The number of halogens is 2. The molecule has 0 bridgehead atoms. The largest absolute Gasteiger partial charge is 0.382 e. The van der Waals surface area contributed by atoms with Crippen molar-refractivity contribution < 1.29 is 21.7 Å². The number of nitrogen functional groups attached to an aromatic ring is 1. The average Bonchev–Trinajstić information content (AvgIpc) is 3.42. The number of nitrogens with zero attached hydrogens (tertiary/aromatic N) is 3. The van der Waals surface area contributed by atoms with E-state index in [0.717, 1.165) is 11.1 Å². The number of aromatic nitrogens is 3. The maximum atomic E-state index is 12.6. The molecule has 8 nitrogen and oxygen atoms in total. The van der Waals surface area contributed by atoms with Gasteiger partial charge in [-0.05, 0) is 38.0 Å². The highest BCUT2D eigenvalue weighted by molar-refractivity contribution is 7.92. The Labute approximate surface area is 220 Å². The highest BCUT2D eigenvalue weighted by Gasteiger charge is 2.23. The molecule has 0 spiro atoms. The van der Waals surface area contributed by atoms with E-state index in [1.807, 2.05) is 24.3 Å². The molecule has 3 N–H and O–H groups in total. The minimum absolute atomic E-state index is 0.0584. The van der Waals surface area contributed by atoms with Crippen molar-refractivity contribution in [3.05, 3.63) is 66.4 Å². The second kappa shape index (κ2) is 11.8. The van der Waals surface area contributed by atoms with Gasteiger partial charge >= 0.3 is 0 Å². The summed E-state index contributed by atoms with van der Waals surface area (Å²) >= 11 is 0. The molecule has 11 heteroatoms. The number of hydrogen-bond donors (Lipinski definition) is 2. The molecule has 0 aliphatic heterocycles. The van der Waals surface area contributed by atoms with Crippen LogP contribution in [0.15, 0.2) is 70.2 Å². The Bertz CT molecular complexity index is 1480. The summed E-state index contributed by atoms with van der Waals surface area (Å²) in [6.45, 7) is 2.70. The molecule has 200 valence electrons. The number of rotatable bonds is 11. The van der Waals surface area contributed by atoms with E-state index in [2.05, 4.69) is 20.4 Å². The Morgan fingerprint density at radius 1 is 1.00 bits per heavy atom. The Balaban J connectivity index is 1.54. The molecule has 0 saturated carbocycles. The molecule has 0 aliphatic carbocycles. The van der Waals surface area contributed by atoms with Crippen LogP contribution in [-0.2, 0) is 16.4 Å². The molecule has 0 amide bonds. The first-order valence-electron chi connectivity index (χ1n) is 12.1. The van der Waals surface area contributed by atoms with E-state index in [1.165, 1.54) is 25.3 Å². The van der Waals surface area contributed by atoms with Gasteiger partial charge in [0.15, 0.2) is 27.1 Å². The molecule has 0 aliphatic rings. The number of anilines is 1. The number of sulfone groups is 1. The summed E-state index contributed by atoms with van der Waals surface area (Å²) in [7, 11) is -3.63. The summed E-state index contributed by atoms with van der Waals surface area (Å²) in [4.78, 5) is 8.92. The van der Waals surface area contributed by atoms with Gasteiger partial charge in [0.1, 0.15) is 12.4 Å². The summed E-state index contributed by atoms with van der Waals surface area (Å²) in [5, 5.41) is 6.41. The van der Waals surface area contributed by atoms with Gasteiger partial charge < -0.3 is 15.6 Å². The topological polar surface area (TPSA) is 124 Å². The summed E-state index contributed by atoms with van der Waals surface area (Å²) < 4.78 is 56.0. The van der Waals surface area contributed by atoms with Crippen molar-refractivity contribution in [1.82, 2.24) is 20.4 Å². The first-order chi connectivity index (χ1) is 18.2. The highest BCUT2D eigenvalue weighted by atomic mass is 32.2. The minimum Gasteiger partial charge on any atom is -0.382 e. The van der Waals surface area contributed by atoms with Gasteiger partial charge in [0.05, 0.1) is 28.7 Å². The predicted octanol–water partition coefficient (Wildman–Crippen LogP) is 5.02. The maximum absolute atomic E-state index is 12.6. The second-order valence-electron chi connectivity index (χ2n) is 9.06. The quantitative estimate of drug-likeness (QED) is 0.271. The van der Waals surface area contributed by atoms with Crippen LogP contribution in [-0.4, -0.2) is 48.2 Å². The van der Waals surface area contributed by atoms with Crippen LogP contribution < -0.4 is 11.1 Å². The van der Waals surface area contributed by atoms with Crippen LogP contribution >= 0.6 is 0 Å². The fraction of sp³-hybridized carbons (Fsp3) is 0.296. The molecule has 2 aromatic heterocycles. The monoisotopic (exact) mass is 541 g/mol. The van der Waals surface area contributed by atoms with Crippen molar-refractivity contribution in [3.8, 4) is 34.0 Å². The third-order valence-corrected chi connectivity index (χ3v) is 8.43. The van der Waals surface area contributed by atoms with Crippen LogP contribution in [0, 0.1) is 0 Å². The van der Waals surface area contributed by atoms with Crippen molar-refractivity contribution in [2.45, 2.75) is 43.0 Å². The van der Waals surface area contributed by atoms with E-state index in [0.29, 0.717) is 35.0 Å². The Kier molecular flexibility index (Phi) is 8.48. The van der Waals surface area contributed by atoms with E-state index in [9.17, 15) is 17.2 Å². The molecule has 0 fully saturated rings. The zero-order chi connectivity index (χ0) is 27.3. The van der Waals surface area contributed by atoms with Crippen LogP contribution in [0.5, 0.6) is 0 Å². The molecule has 0 saturated heterocycles. The Morgan fingerprint density at radius 3 is 2.32 bits per heavy atom. The smallest absolute Gasteiger partial charge is 0.189 e. The fourth-order valence-corrected chi connectivity index (χ4v) is 5.12. The van der Waals surface area contributed by atoms with Gasteiger partial charge in [-0.15, -0.1) is 0 Å². The van der Waals surface area contributed by atoms with Crippen LogP contribution in [0.1, 0.15) is 25.8 Å². The van der Waals surface area contributed by atoms with Crippen LogP contribution in [0.4, 0.5) is 14.6 Å². The third kappa shape index (κ3) is 6.05. The number of nitrogens with one attached hydrogen (secondary N) is 1. The zero-order valence-electron chi connectivity index (χ0n) is 21.1. The van der Waals surface area contributed by atoms with E-state index < -0.39 is 28.4 Å². The maximum Gasteiger partial charge on any atom is 0.189 e.